The molecule has 0 aliphatic rings. The Labute approximate surface area is 77.4 Å². The molecule has 0 unspecified atom stereocenters. The average Bonchev–Trinajstić information content (AvgIpc) is 2.02. The molecular formula is C11H13N2+. The van der Waals surface area contributed by atoms with E-state index in [1.54, 1.807) is 0 Å². The molecule has 1 aromatic heterocycles. The van der Waals surface area contributed by atoms with Crippen LogP contribution in [0.1, 0.15) is 11.3 Å². The number of hydrogen-bond donors (Lipinski definition) is 1. The highest BCUT2D eigenvalue weighted by Gasteiger charge is 2.05. The molecule has 2 rings (SSSR count). The van der Waals surface area contributed by atoms with Crippen LogP contribution in [-0.2, 0) is 0 Å². The number of pyridine rings is 1. The lowest BCUT2D eigenvalue weighted by Gasteiger charge is -1.98. The Hall–Kier alpha value is -1.57. The molecule has 0 aliphatic heterocycles. The molecule has 0 saturated carbocycles. The van der Waals surface area contributed by atoms with E-state index in [2.05, 4.69) is 31.0 Å². The summed E-state index contributed by atoms with van der Waals surface area (Å²) < 4.78 is 0. The molecule has 0 bridgehead atoms. The van der Waals surface area contributed by atoms with Gasteiger partial charge in [0.05, 0.1) is 0 Å². The maximum absolute atomic E-state index is 5.70. The van der Waals surface area contributed by atoms with Crippen molar-refractivity contribution in [2.24, 2.45) is 0 Å². The Morgan fingerprint density at radius 3 is 2.69 bits per heavy atom. The number of aromatic nitrogens is 1. The van der Waals surface area contributed by atoms with E-state index in [1.807, 2.05) is 12.1 Å². The number of rotatable bonds is 0. The minimum Gasteiger partial charge on any atom is -0.399 e. The largest absolute Gasteiger partial charge is 0.399 e. The number of aryl methyl sites for hydroxylation is 2. The highest BCUT2D eigenvalue weighted by atomic mass is 14.7. The number of nitrogens with two attached hydrogens (primary N) is 1. The van der Waals surface area contributed by atoms with Gasteiger partial charge in [-0.3, -0.25) is 0 Å². The monoisotopic (exact) mass is 173 g/mol. The summed E-state index contributed by atoms with van der Waals surface area (Å²) >= 11 is 0. The lowest BCUT2D eigenvalue weighted by Crippen LogP contribution is -2.09. The van der Waals surface area contributed by atoms with Crippen LogP contribution in [-0.4, -0.2) is 0 Å². The van der Waals surface area contributed by atoms with Crippen molar-refractivity contribution in [1.82, 2.24) is 0 Å². The van der Waals surface area contributed by atoms with E-state index in [1.165, 1.54) is 10.9 Å². The van der Waals surface area contributed by atoms with Gasteiger partial charge in [0.1, 0.15) is 0 Å². The van der Waals surface area contributed by atoms with Gasteiger partial charge in [0.25, 0.3) is 0 Å². The summed E-state index contributed by atoms with van der Waals surface area (Å²) in [7, 11) is 0. The first-order valence-electron chi connectivity index (χ1n) is 4.35. The van der Waals surface area contributed by atoms with Gasteiger partial charge in [-0.1, -0.05) is 0 Å². The van der Waals surface area contributed by atoms with Crippen LogP contribution >= 0.6 is 0 Å². The number of nitrogen functional groups attached to an aromatic ring is 1. The molecule has 0 fully saturated rings. The molecule has 0 spiro atoms. The molecule has 66 valence electrons. The predicted molar refractivity (Wildman–Crippen MR) is 54.4 cm³/mol. The highest BCUT2D eigenvalue weighted by molar-refractivity contribution is 5.81. The van der Waals surface area contributed by atoms with Crippen LogP contribution in [0.3, 0.4) is 0 Å². The first kappa shape index (κ1) is 8.05. The highest BCUT2D eigenvalue weighted by Crippen LogP contribution is 2.17. The quantitative estimate of drug-likeness (QED) is 0.607. The number of hydrogen-bond acceptors (Lipinski definition) is 1. The summed E-state index contributed by atoms with van der Waals surface area (Å²) in [6.07, 6.45) is 0. The summed E-state index contributed by atoms with van der Waals surface area (Å²) in [5.41, 5.74) is 10.1. The van der Waals surface area contributed by atoms with Gasteiger partial charge in [0.2, 0.25) is 5.52 Å². The summed E-state index contributed by atoms with van der Waals surface area (Å²) in [6, 6.07) is 8.09. The van der Waals surface area contributed by atoms with E-state index in [4.69, 9.17) is 5.73 Å². The van der Waals surface area contributed by atoms with Crippen LogP contribution in [0.15, 0.2) is 24.3 Å². The van der Waals surface area contributed by atoms with Crippen LogP contribution in [0.25, 0.3) is 10.9 Å². The fourth-order valence-corrected chi connectivity index (χ4v) is 1.66. The maximum Gasteiger partial charge on any atom is 0.213 e. The minimum absolute atomic E-state index is 0.800. The molecule has 0 saturated heterocycles. The number of nitrogens with one attached hydrogen (secondary N) is 1. The third-order valence-electron chi connectivity index (χ3n) is 2.23. The molecule has 2 aromatic rings. The zero-order chi connectivity index (χ0) is 9.42. The van der Waals surface area contributed by atoms with Gasteiger partial charge < -0.3 is 5.73 Å². The summed E-state index contributed by atoms with van der Waals surface area (Å²) in [4.78, 5) is 3.29. The third-order valence-corrected chi connectivity index (χ3v) is 2.23. The lowest BCUT2D eigenvalue weighted by atomic mass is 10.1. The Kier molecular flexibility index (Phi) is 1.69. The first-order chi connectivity index (χ1) is 6.16. The van der Waals surface area contributed by atoms with E-state index in [-0.39, 0.29) is 0 Å². The number of aromatic amines is 1. The molecule has 0 radical (unpaired) electrons. The predicted octanol–water partition coefficient (Wildman–Crippen LogP) is 1.85. The topological polar surface area (TPSA) is 40.2 Å². The second-order valence-electron chi connectivity index (χ2n) is 3.44. The number of benzene rings is 1. The molecule has 3 N–H and O–H groups in total. The van der Waals surface area contributed by atoms with Gasteiger partial charge >= 0.3 is 0 Å². The van der Waals surface area contributed by atoms with Crippen molar-refractivity contribution in [1.29, 1.82) is 0 Å². The SMILES string of the molecule is Cc1cc(C)c2ccc(N)cc2[nH+]1. The van der Waals surface area contributed by atoms with Gasteiger partial charge in [0, 0.05) is 30.1 Å². The van der Waals surface area contributed by atoms with Crippen molar-refractivity contribution >= 4 is 16.6 Å². The standard InChI is InChI=1S/C11H12N2/c1-7-5-8(2)13-11-6-9(12)3-4-10(7)11/h3-6H,12H2,1-2H3/p+1. The number of fused-ring (bicyclic) bond motifs is 1. The fraction of sp³-hybridized carbons (Fsp3) is 0.182. The zero-order valence-electron chi connectivity index (χ0n) is 7.89. The lowest BCUT2D eigenvalue weighted by molar-refractivity contribution is -0.354. The zero-order valence-corrected chi connectivity index (χ0v) is 7.89. The van der Waals surface area contributed by atoms with Crippen LogP contribution in [0.2, 0.25) is 0 Å². The van der Waals surface area contributed by atoms with Gasteiger partial charge in [-0.15, -0.1) is 0 Å². The molecule has 0 amide bonds. The van der Waals surface area contributed by atoms with E-state index >= 15 is 0 Å². The Balaban J connectivity index is 2.86. The minimum atomic E-state index is 0.800. The van der Waals surface area contributed by atoms with Gasteiger partial charge in [-0.25, -0.2) is 4.98 Å². The first-order valence-corrected chi connectivity index (χ1v) is 4.35. The second kappa shape index (κ2) is 2.73. The van der Waals surface area contributed by atoms with Crippen LogP contribution in [0, 0.1) is 13.8 Å². The van der Waals surface area contributed by atoms with Gasteiger partial charge in [0.15, 0.2) is 5.69 Å². The molecule has 1 heterocycles. The van der Waals surface area contributed by atoms with Crippen LogP contribution < -0.4 is 10.7 Å². The molecule has 2 nitrogen and oxygen atoms in total. The number of H-pyrrole nitrogens is 1. The van der Waals surface area contributed by atoms with Crippen LogP contribution in [0.5, 0.6) is 0 Å². The smallest absolute Gasteiger partial charge is 0.213 e. The van der Waals surface area contributed by atoms with E-state index in [0.29, 0.717) is 0 Å². The van der Waals surface area contributed by atoms with Crippen molar-refractivity contribution in [2.45, 2.75) is 13.8 Å². The Morgan fingerprint density at radius 1 is 1.15 bits per heavy atom. The summed E-state index contributed by atoms with van der Waals surface area (Å²) in [5.74, 6) is 0. The molecular weight excluding hydrogens is 160 g/mol. The molecule has 1 aromatic carbocycles. The van der Waals surface area contributed by atoms with Crippen molar-refractivity contribution in [2.75, 3.05) is 5.73 Å². The molecule has 0 atom stereocenters. The van der Waals surface area contributed by atoms with Crippen molar-refractivity contribution in [3.8, 4) is 0 Å². The molecule has 13 heavy (non-hydrogen) atoms. The Morgan fingerprint density at radius 2 is 1.92 bits per heavy atom. The molecule has 2 heteroatoms. The summed E-state index contributed by atoms with van der Waals surface area (Å²) in [5, 5.41) is 1.24. The van der Waals surface area contributed by atoms with E-state index in [0.717, 1.165) is 16.9 Å². The maximum atomic E-state index is 5.70. The van der Waals surface area contributed by atoms with Gasteiger partial charge in [-0.2, -0.15) is 0 Å². The number of anilines is 1. The molecule has 0 aliphatic carbocycles. The third kappa shape index (κ3) is 1.35. The van der Waals surface area contributed by atoms with E-state index < -0.39 is 0 Å². The van der Waals surface area contributed by atoms with E-state index in [9.17, 15) is 0 Å². The van der Waals surface area contributed by atoms with Crippen molar-refractivity contribution in [3.63, 3.8) is 0 Å². The van der Waals surface area contributed by atoms with Crippen LogP contribution in [0.4, 0.5) is 5.69 Å². The second-order valence-corrected chi connectivity index (χ2v) is 3.44. The Bertz CT molecular complexity index is 456. The van der Waals surface area contributed by atoms with Crippen molar-refractivity contribution in [3.05, 3.63) is 35.5 Å². The summed E-state index contributed by atoms with van der Waals surface area (Å²) in [6.45, 7) is 4.16. The van der Waals surface area contributed by atoms with Gasteiger partial charge in [-0.05, 0) is 24.6 Å². The normalized spacial score (nSPS) is 10.6. The fourth-order valence-electron chi connectivity index (χ4n) is 1.66. The van der Waals surface area contributed by atoms with Crippen molar-refractivity contribution < 1.29 is 4.98 Å². The average molecular weight is 173 g/mol.